The molecule has 5 aromatic rings. The SMILES string of the molecule is COc1ccc(CCn2ccc3nc4ccn(Cc5ccccc5)c(=O)c4cc3c2=O)cc1. The van der Waals surface area contributed by atoms with Crippen LogP contribution in [0.4, 0.5) is 0 Å². The predicted molar refractivity (Wildman–Crippen MR) is 130 cm³/mol. The number of aromatic nitrogens is 3. The van der Waals surface area contributed by atoms with Crippen LogP contribution in [0.1, 0.15) is 11.1 Å². The van der Waals surface area contributed by atoms with Gasteiger partial charge in [-0.05, 0) is 47.9 Å². The first-order valence-electron chi connectivity index (χ1n) is 10.8. The number of rotatable bonds is 6. The third-order valence-electron chi connectivity index (χ3n) is 5.88. The second kappa shape index (κ2) is 8.74. The van der Waals surface area contributed by atoms with Gasteiger partial charge in [0.05, 0.1) is 35.5 Å². The van der Waals surface area contributed by atoms with E-state index in [9.17, 15) is 9.59 Å². The van der Waals surface area contributed by atoms with E-state index in [0.717, 1.165) is 16.9 Å². The van der Waals surface area contributed by atoms with Crippen LogP contribution in [0, 0.1) is 0 Å². The van der Waals surface area contributed by atoms with Gasteiger partial charge in [0, 0.05) is 18.9 Å². The van der Waals surface area contributed by atoms with Gasteiger partial charge in [0.2, 0.25) is 0 Å². The Hall–Kier alpha value is -4.19. The van der Waals surface area contributed by atoms with Gasteiger partial charge in [-0.2, -0.15) is 0 Å². The molecule has 3 aromatic heterocycles. The van der Waals surface area contributed by atoms with Gasteiger partial charge in [-0.25, -0.2) is 4.98 Å². The van der Waals surface area contributed by atoms with E-state index in [1.54, 1.807) is 34.7 Å². The Labute approximate surface area is 190 Å². The Balaban J connectivity index is 1.49. The fourth-order valence-corrected chi connectivity index (χ4v) is 4.03. The summed E-state index contributed by atoms with van der Waals surface area (Å²) in [4.78, 5) is 30.9. The molecule has 6 nitrogen and oxygen atoms in total. The maximum absolute atomic E-state index is 13.2. The van der Waals surface area contributed by atoms with E-state index in [1.165, 1.54) is 0 Å². The first-order valence-corrected chi connectivity index (χ1v) is 10.8. The van der Waals surface area contributed by atoms with Gasteiger partial charge >= 0.3 is 0 Å². The number of hydrogen-bond acceptors (Lipinski definition) is 4. The van der Waals surface area contributed by atoms with Gasteiger partial charge < -0.3 is 13.9 Å². The van der Waals surface area contributed by atoms with Crippen molar-refractivity contribution in [1.29, 1.82) is 0 Å². The molecule has 6 heteroatoms. The van der Waals surface area contributed by atoms with Crippen molar-refractivity contribution < 1.29 is 4.74 Å². The lowest BCUT2D eigenvalue weighted by Crippen LogP contribution is -2.23. The summed E-state index contributed by atoms with van der Waals surface area (Å²) < 4.78 is 8.52. The molecule has 2 aromatic carbocycles. The molecule has 0 aliphatic rings. The monoisotopic (exact) mass is 437 g/mol. The van der Waals surface area contributed by atoms with Crippen molar-refractivity contribution in [3.8, 4) is 5.75 Å². The highest BCUT2D eigenvalue weighted by atomic mass is 16.5. The average Bonchev–Trinajstić information content (AvgIpc) is 2.86. The lowest BCUT2D eigenvalue weighted by Gasteiger charge is -2.10. The number of hydrogen-bond donors (Lipinski definition) is 0. The fourth-order valence-electron chi connectivity index (χ4n) is 4.03. The van der Waals surface area contributed by atoms with E-state index in [1.807, 2.05) is 66.7 Å². The van der Waals surface area contributed by atoms with Crippen molar-refractivity contribution in [3.63, 3.8) is 0 Å². The maximum atomic E-state index is 13.2. The minimum Gasteiger partial charge on any atom is -0.497 e. The second-order valence-corrected chi connectivity index (χ2v) is 8.00. The van der Waals surface area contributed by atoms with Gasteiger partial charge in [0.25, 0.3) is 11.1 Å². The van der Waals surface area contributed by atoms with E-state index in [-0.39, 0.29) is 11.1 Å². The Morgan fingerprint density at radius 2 is 1.39 bits per heavy atom. The quantitative estimate of drug-likeness (QED) is 0.377. The minimum absolute atomic E-state index is 0.145. The van der Waals surface area contributed by atoms with E-state index < -0.39 is 0 Å². The molecule has 0 aliphatic heterocycles. The molecule has 0 saturated carbocycles. The zero-order valence-electron chi connectivity index (χ0n) is 18.3. The molecule has 33 heavy (non-hydrogen) atoms. The van der Waals surface area contributed by atoms with Crippen LogP contribution >= 0.6 is 0 Å². The maximum Gasteiger partial charge on any atom is 0.260 e. The Bertz CT molecular complexity index is 1550. The van der Waals surface area contributed by atoms with E-state index >= 15 is 0 Å². The largest absolute Gasteiger partial charge is 0.497 e. The molecule has 164 valence electrons. The van der Waals surface area contributed by atoms with Crippen LogP contribution in [0.25, 0.3) is 21.8 Å². The number of ether oxygens (including phenoxy) is 1. The molecule has 0 spiro atoms. The standard InChI is InChI=1S/C27H23N3O3/c1-33-21-9-7-19(8-10-21)11-14-29-15-12-24-22(26(29)31)17-23-25(28-24)13-16-30(27(23)32)18-20-5-3-2-4-6-20/h2-10,12-13,15-17H,11,14,18H2,1H3. The van der Waals surface area contributed by atoms with Crippen molar-refractivity contribution in [1.82, 2.24) is 14.1 Å². The number of methoxy groups -OCH3 is 1. The molecule has 0 radical (unpaired) electrons. The Morgan fingerprint density at radius 3 is 2.06 bits per heavy atom. The van der Waals surface area contributed by atoms with Crippen molar-refractivity contribution in [2.45, 2.75) is 19.5 Å². The van der Waals surface area contributed by atoms with Crippen LogP contribution < -0.4 is 15.9 Å². The van der Waals surface area contributed by atoms with Crippen molar-refractivity contribution in [2.24, 2.45) is 0 Å². The van der Waals surface area contributed by atoms with Crippen molar-refractivity contribution in [3.05, 3.63) is 117 Å². The third kappa shape index (κ3) is 4.15. The normalized spacial score (nSPS) is 11.2. The molecule has 3 heterocycles. The molecule has 0 saturated heterocycles. The van der Waals surface area contributed by atoms with Crippen LogP contribution in [0.2, 0.25) is 0 Å². The van der Waals surface area contributed by atoms with Crippen molar-refractivity contribution >= 4 is 21.8 Å². The van der Waals surface area contributed by atoms with E-state index in [4.69, 9.17) is 4.74 Å². The molecular formula is C27H23N3O3. The van der Waals surface area contributed by atoms with E-state index in [0.29, 0.717) is 41.3 Å². The minimum atomic E-state index is -0.154. The van der Waals surface area contributed by atoms with Crippen molar-refractivity contribution in [2.75, 3.05) is 7.11 Å². The molecule has 0 unspecified atom stereocenters. The van der Waals surface area contributed by atoms with Crippen LogP contribution in [-0.2, 0) is 19.5 Å². The average molecular weight is 437 g/mol. The predicted octanol–water partition coefficient (Wildman–Crippen LogP) is 4.01. The number of aryl methyl sites for hydroxylation is 2. The summed E-state index contributed by atoms with van der Waals surface area (Å²) in [6, 6.07) is 23.0. The first kappa shape index (κ1) is 20.7. The highest BCUT2D eigenvalue weighted by molar-refractivity contribution is 5.91. The molecular weight excluding hydrogens is 414 g/mol. The van der Waals surface area contributed by atoms with E-state index in [2.05, 4.69) is 4.98 Å². The fraction of sp³-hybridized carbons (Fsp3) is 0.148. The third-order valence-corrected chi connectivity index (χ3v) is 5.88. The summed E-state index contributed by atoms with van der Waals surface area (Å²) in [5.41, 5.74) is 3.03. The number of nitrogens with zero attached hydrogens (tertiary/aromatic N) is 3. The van der Waals surface area contributed by atoms with Crippen LogP contribution in [0.15, 0.2) is 94.8 Å². The van der Waals surface area contributed by atoms with Gasteiger partial charge in [-0.15, -0.1) is 0 Å². The van der Waals surface area contributed by atoms with Gasteiger partial charge in [0.15, 0.2) is 0 Å². The first-order chi connectivity index (χ1) is 16.1. The van der Waals surface area contributed by atoms with Crippen LogP contribution in [0.3, 0.4) is 0 Å². The number of benzene rings is 2. The lowest BCUT2D eigenvalue weighted by molar-refractivity contribution is 0.414. The van der Waals surface area contributed by atoms with Gasteiger partial charge in [-0.3, -0.25) is 9.59 Å². The summed E-state index contributed by atoms with van der Waals surface area (Å²) in [5.74, 6) is 0.803. The molecule has 0 fully saturated rings. The zero-order valence-corrected chi connectivity index (χ0v) is 18.3. The smallest absolute Gasteiger partial charge is 0.260 e. The molecule has 0 aliphatic carbocycles. The Kier molecular flexibility index (Phi) is 5.48. The molecule has 5 rings (SSSR count). The molecule has 0 N–H and O–H groups in total. The molecule has 0 atom stereocenters. The topological polar surface area (TPSA) is 66.1 Å². The Morgan fingerprint density at radius 1 is 0.758 bits per heavy atom. The zero-order chi connectivity index (χ0) is 22.8. The number of pyridine rings is 3. The summed E-state index contributed by atoms with van der Waals surface area (Å²) in [6.07, 6.45) is 4.23. The second-order valence-electron chi connectivity index (χ2n) is 8.00. The summed E-state index contributed by atoms with van der Waals surface area (Å²) in [5, 5.41) is 0.903. The molecule has 0 amide bonds. The van der Waals surface area contributed by atoms with Gasteiger partial charge in [-0.1, -0.05) is 42.5 Å². The lowest BCUT2D eigenvalue weighted by atomic mass is 10.1. The van der Waals surface area contributed by atoms with Crippen LogP contribution in [0.5, 0.6) is 5.75 Å². The van der Waals surface area contributed by atoms with Crippen LogP contribution in [-0.4, -0.2) is 21.2 Å². The highest BCUT2D eigenvalue weighted by Crippen LogP contribution is 2.16. The number of fused-ring (bicyclic) bond motifs is 2. The highest BCUT2D eigenvalue weighted by Gasteiger charge is 2.10. The summed E-state index contributed by atoms with van der Waals surface area (Å²) in [7, 11) is 1.64. The molecule has 0 bridgehead atoms. The summed E-state index contributed by atoms with van der Waals surface area (Å²) >= 11 is 0. The summed E-state index contributed by atoms with van der Waals surface area (Å²) in [6.45, 7) is 1.00. The van der Waals surface area contributed by atoms with Gasteiger partial charge in [0.1, 0.15) is 5.75 Å².